The lowest BCUT2D eigenvalue weighted by atomic mass is 10.0. The topological polar surface area (TPSA) is 107 Å². The molecule has 1 aliphatic rings. The zero-order valence-corrected chi connectivity index (χ0v) is 16.2. The van der Waals surface area contributed by atoms with E-state index in [1.807, 2.05) is 10.6 Å². The van der Waals surface area contributed by atoms with E-state index in [9.17, 15) is 9.59 Å². The van der Waals surface area contributed by atoms with Crippen molar-refractivity contribution >= 4 is 22.6 Å². The maximum absolute atomic E-state index is 12.7. The lowest BCUT2D eigenvalue weighted by molar-refractivity contribution is 0.102. The zero-order chi connectivity index (χ0) is 20.4. The molecule has 29 heavy (non-hydrogen) atoms. The fraction of sp³-hybridized carbons (Fsp3) is 0.381. The minimum absolute atomic E-state index is 0.00115. The van der Waals surface area contributed by atoms with Crippen molar-refractivity contribution in [3.8, 4) is 0 Å². The van der Waals surface area contributed by atoms with Gasteiger partial charge in [0.1, 0.15) is 11.3 Å². The van der Waals surface area contributed by atoms with Gasteiger partial charge in [0, 0.05) is 31.4 Å². The van der Waals surface area contributed by atoms with E-state index in [2.05, 4.69) is 10.3 Å². The molecule has 3 heterocycles. The van der Waals surface area contributed by atoms with Crippen LogP contribution in [0.25, 0.3) is 11.0 Å². The Labute approximate surface area is 167 Å². The molecule has 1 unspecified atom stereocenters. The molecule has 8 heteroatoms. The number of aryl methyl sites for hydroxylation is 2. The number of aromatic nitrogens is 2. The van der Waals surface area contributed by atoms with Crippen molar-refractivity contribution in [1.82, 2.24) is 9.55 Å². The standard InChI is InChI=1S/C21H23N3O5/c1-13-9-18(14-5-8-28-11-14)29-21(27)19(13)20(26)23-15-3-4-17-16(10-15)22-12-24(17)6-2-7-25/h3-4,9-10,12,14,25H,2,5-8,11H2,1H3,(H,23,26). The van der Waals surface area contributed by atoms with Crippen LogP contribution < -0.4 is 10.9 Å². The summed E-state index contributed by atoms with van der Waals surface area (Å²) in [5, 5.41) is 11.8. The molecule has 1 saturated heterocycles. The van der Waals surface area contributed by atoms with Gasteiger partial charge in [-0.2, -0.15) is 0 Å². The largest absolute Gasteiger partial charge is 0.427 e. The van der Waals surface area contributed by atoms with E-state index in [4.69, 9.17) is 14.3 Å². The molecule has 3 aromatic rings. The SMILES string of the molecule is Cc1cc(C2CCOC2)oc(=O)c1C(=O)Nc1ccc2c(c1)ncn2CCCO. The highest BCUT2D eigenvalue weighted by molar-refractivity contribution is 6.05. The van der Waals surface area contributed by atoms with Crippen molar-refractivity contribution in [3.05, 3.63) is 57.9 Å². The second kappa shape index (κ2) is 8.18. The lowest BCUT2D eigenvalue weighted by Gasteiger charge is -2.11. The number of hydrogen-bond donors (Lipinski definition) is 2. The molecule has 0 bridgehead atoms. The summed E-state index contributed by atoms with van der Waals surface area (Å²) in [5.41, 5.74) is 2.12. The molecule has 0 saturated carbocycles. The number of rotatable bonds is 6. The number of fused-ring (bicyclic) bond motifs is 1. The number of nitrogens with one attached hydrogen (secondary N) is 1. The summed E-state index contributed by atoms with van der Waals surface area (Å²) < 4.78 is 12.7. The van der Waals surface area contributed by atoms with Crippen LogP contribution >= 0.6 is 0 Å². The number of carbonyl (C=O) groups is 1. The monoisotopic (exact) mass is 397 g/mol. The predicted octanol–water partition coefficient (Wildman–Crippen LogP) is 2.44. The molecule has 2 aromatic heterocycles. The van der Waals surface area contributed by atoms with Crippen LogP contribution in [0, 0.1) is 6.92 Å². The van der Waals surface area contributed by atoms with Gasteiger partial charge < -0.3 is 24.1 Å². The van der Waals surface area contributed by atoms with Gasteiger partial charge in [0.15, 0.2) is 0 Å². The predicted molar refractivity (Wildman–Crippen MR) is 107 cm³/mol. The first-order chi connectivity index (χ1) is 14.1. The van der Waals surface area contributed by atoms with Crippen LogP contribution in [0.3, 0.4) is 0 Å². The molecule has 152 valence electrons. The van der Waals surface area contributed by atoms with Crippen LogP contribution in [-0.4, -0.2) is 40.4 Å². The Morgan fingerprint density at radius 1 is 1.38 bits per heavy atom. The van der Waals surface area contributed by atoms with E-state index < -0.39 is 11.5 Å². The summed E-state index contributed by atoms with van der Waals surface area (Å²) in [6.45, 7) is 3.68. The third-order valence-corrected chi connectivity index (χ3v) is 5.16. The molecular weight excluding hydrogens is 374 g/mol. The van der Waals surface area contributed by atoms with Crippen LogP contribution in [-0.2, 0) is 11.3 Å². The number of imidazole rings is 1. The number of ether oxygens (including phenoxy) is 1. The molecule has 8 nitrogen and oxygen atoms in total. The van der Waals surface area contributed by atoms with Gasteiger partial charge in [-0.15, -0.1) is 0 Å². The quantitative estimate of drug-likeness (QED) is 0.662. The second-order valence-electron chi connectivity index (χ2n) is 7.23. The van der Waals surface area contributed by atoms with Crippen LogP contribution in [0.15, 0.2) is 39.8 Å². The average Bonchev–Trinajstić information content (AvgIpc) is 3.35. The number of anilines is 1. The molecular formula is C21H23N3O5. The van der Waals surface area contributed by atoms with Crippen molar-refractivity contribution in [1.29, 1.82) is 0 Å². The second-order valence-corrected chi connectivity index (χ2v) is 7.23. The Morgan fingerprint density at radius 2 is 2.24 bits per heavy atom. The molecule has 1 atom stereocenters. The van der Waals surface area contributed by atoms with Crippen molar-refractivity contribution < 1.29 is 19.1 Å². The fourth-order valence-corrected chi connectivity index (χ4v) is 3.62. The minimum Gasteiger partial charge on any atom is -0.427 e. The Hall–Kier alpha value is -2.97. The smallest absolute Gasteiger partial charge is 0.349 e. The number of carbonyl (C=O) groups excluding carboxylic acids is 1. The molecule has 1 aliphatic heterocycles. The highest BCUT2D eigenvalue weighted by Gasteiger charge is 2.24. The average molecular weight is 397 g/mol. The molecule has 0 radical (unpaired) electrons. The number of aliphatic hydroxyl groups excluding tert-OH is 1. The number of amides is 1. The number of nitrogens with zero attached hydrogens (tertiary/aromatic N) is 2. The van der Waals surface area contributed by atoms with E-state index in [1.54, 1.807) is 31.5 Å². The van der Waals surface area contributed by atoms with Gasteiger partial charge in [-0.05, 0) is 49.6 Å². The van der Waals surface area contributed by atoms with Crippen molar-refractivity contribution in [2.24, 2.45) is 0 Å². The molecule has 2 N–H and O–H groups in total. The molecule has 0 spiro atoms. The number of benzene rings is 1. The van der Waals surface area contributed by atoms with E-state index in [-0.39, 0.29) is 18.1 Å². The summed E-state index contributed by atoms with van der Waals surface area (Å²) in [5.74, 6) is 0.114. The van der Waals surface area contributed by atoms with E-state index >= 15 is 0 Å². The van der Waals surface area contributed by atoms with Gasteiger partial charge >= 0.3 is 5.63 Å². The summed E-state index contributed by atoms with van der Waals surface area (Å²) in [4.78, 5) is 29.5. The van der Waals surface area contributed by atoms with E-state index in [0.717, 1.165) is 17.5 Å². The highest BCUT2D eigenvalue weighted by Crippen LogP contribution is 2.26. The summed E-state index contributed by atoms with van der Waals surface area (Å²) in [6, 6.07) is 7.12. The molecule has 1 amide bonds. The van der Waals surface area contributed by atoms with E-state index in [1.165, 1.54) is 0 Å². The van der Waals surface area contributed by atoms with Crippen molar-refractivity contribution in [3.63, 3.8) is 0 Å². The summed E-state index contributed by atoms with van der Waals surface area (Å²) >= 11 is 0. The first-order valence-electron chi connectivity index (χ1n) is 9.66. The fourth-order valence-electron chi connectivity index (χ4n) is 3.62. The highest BCUT2D eigenvalue weighted by atomic mass is 16.5. The third kappa shape index (κ3) is 3.94. The first kappa shape index (κ1) is 19.4. The van der Waals surface area contributed by atoms with Gasteiger partial charge in [-0.3, -0.25) is 4.79 Å². The van der Waals surface area contributed by atoms with Gasteiger partial charge in [-0.1, -0.05) is 0 Å². The summed E-state index contributed by atoms with van der Waals surface area (Å²) in [7, 11) is 0. The van der Waals surface area contributed by atoms with Gasteiger partial charge in [0.2, 0.25) is 0 Å². The molecule has 4 rings (SSSR count). The zero-order valence-electron chi connectivity index (χ0n) is 16.2. The van der Waals surface area contributed by atoms with Gasteiger partial charge in [0.05, 0.1) is 24.0 Å². The Balaban J connectivity index is 1.55. The Bertz CT molecular complexity index is 1100. The number of aliphatic hydroxyl groups is 1. The van der Waals surface area contributed by atoms with E-state index in [0.29, 0.717) is 43.2 Å². The molecule has 1 aromatic carbocycles. The van der Waals surface area contributed by atoms with Crippen LogP contribution in [0.2, 0.25) is 0 Å². The summed E-state index contributed by atoms with van der Waals surface area (Å²) in [6.07, 6.45) is 3.15. The minimum atomic E-state index is -0.640. The van der Waals surface area contributed by atoms with Crippen LogP contribution in [0.4, 0.5) is 5.69 Å². The first-order valence-corrected chi connectivity index (χ1v) is 9.66. The van der Waals surface area contributed by atoms with Gasteiger partial charge in [0.25, 0.3) is 5.91 Å². The maximum Gasteiger partial charge on any atom is 0.349 e. The molecule has 1 fully saturated rings. The normalized spacial score (nSPS) is 16.4. The Morgan fingerprint density at radius 3 is 2.97 bits per heavy atom. The van der Waals surface area contributed by atoms with Crippen LogP contribution in [0.1, 0.15) is 40.4 Å². The van der Waals surface area contributed by atoms with Crippen LogP contribution in [0.5, 0.6) is 0 Å². The third-order valence-electron chi connectivity index (χ3n) is 5.16. The van der Waals surface area contributed by atoms with Gasteiger partial charge in [-0.25, -0.2) is 9.78 Å². The maximum atomic E-state index is 12.7. The molecule has 0 aliphatic carbocycles. The van der Waals surface area contributed by atoms with Crippen molar-refractivity contribution in [2.45, 2.75) is 32.2 Å². The Kier molecular flexibility index (Phi) is 5.46. The van der Waals surface area contributed by atoms with Crippen molar-refractivity contribution in [2.75, 3.05) is 25.1 Å². The number of hydrogen-bond acceptors (Lipinski definition) is 6. The lowest BCUT2D eigenvalue weighted by Crippen LogP contribution is -2.23.